The van der Waals surface area contributed by atoms with E-state index in [9.17, 15) is 4.79 Å². The molecule has 0 amide bonds. The van der Waals surface area contributed by atoms with Crippen molar-refractivity contribution in [2.45, 2.75) is 32.4 Å². The summed E-state index contributed by atoms with van der Waals surface area (Å²) in [5.74, 6) is -0.171. The number of likely N-dealkylation sites (tertiary alicyclic amines) is 1. The third-order valence-corrected chi connectivity index (χ3v) is 4.63. The molecule has 0 bridgehead atoms. The van der Waals surface area contributed by atoms with E-state index in [2.05, 4.69) is 16.7 Å². The molecule has 0 spiro atoms. The highest BCUT2D eigenvalue weighted by Gasteiger charge is 2.34. The lowest BCUT2D eigenvalue weighted by Gasteiger charge is -2.33. The van der Waals surface area contributed by atoms with Crippen molar-refractivity contribution in [1.82, 2.24) is 9.80 Å². The minimum Gasteiger partial charge on any atom is -0.469 e. The Balaban J connectivity index is 1.85. The molecule has 3 atom stereocenters. The average molecular weight is 270 g/mol. The molecule has 2 aliphatic rings. The summed E-state index contributed by atoms with van der Waals surface area (Å²) in [6.07, 6.45) is 1.19. The van der Waals surface area contributed by atoms with Gasteiger partial charge in [0.1, 0.15) is 0 Å². The lowest BCUT2D eigenvalue weighted by Crippen LogP contribution is -2.46. The smallest absolute Gasteiger partial charge is 0.309 e. The Labute approximate surface area is 115 Å². The molecular formula is C14H26N2O3. The van der Waals surface area contributed by atoms with Gasteiger partial charge in [-0.15, -0.1) is 0 Å². The standard InChI is InChI=1S/C14H26N2O3/c1-11(14(17)18-3)12(2)16-5-4-13(10-16)15-6-8-19-9-7-15/h11-13H,4-10H2,1-3H3. The Bertz CT molecular complexity index is 305. The van der Waals surface area contributed by atoms with E-state index in [1.807, 2.05) is 6.92 Å². The summed E-state index contributed by atoms with van der Waals surface area (Å²) < 4.78 is 10.2. The SMILES string of the molecule is COC(=O)C(C)C(C)N1CCC(N2CCOCC2)C1. The minimum atomic E-state index is -0.109. The van der Waals surface area contributed by atoms with Crippen LogP contribution in [0.15, 0.2) is 0 Å². The highest BCUT2D eigenvalue weighted by atomic mass is 16.5. The maximum atomic E-state index is 11.6. The summed E-state index contributed by atoms with van der Waals surface area (Å²) in [5.41, 5.74) is 0. The van der Waals surface area contributed by atoms with Crippen molar-refractivity contribution in [3.63, 3.8) is 0 Å². The van der Waals surface area contributed by atoms with Crippen LogP contribution in [-0.4, -0.2) is 74.4 Å². The molecule has 0 N–H and O–H groups in total. The number of carbonyl (C=O) groups excluding carboxylic acids is 1. The monoisotopic (exact) mass is 270 g/mol. The van der Waals surface area contributed by atoms with Crippen LogP contribution in [-0.2, 0) is 14.3 Å². The second kappa shape index (κ2) is 6.68. The first-order chi connectivity index (χ1) is 9.13. The second-order valence-corrected chi connectivity index (χ2v) is 5.64. The Morgan fingerprint density at radius 1 is 1.26 bits per heavy atom. The fourth-order valence-corrected chi connectivity index (χ4v) is 3.08. The molecule has 0 radical (unpaired) electrons. The largest absolute Gasteiger partial charge is 0.469 e. The van der Waals surface area contributed by atoms with E-state index in [0.717, 1.165) is 39.4 Å². The first kappa shape index (κ1) is 14.8. The molecule has 3 unspecified atom stereocenters. The van der Waals surface area contributed by atoms with E-state index in [1.54, 1.807) is 0 Å². The minimum absolute atomic E-state index is 0.0616. The zero-order chi connectivity index (χ0) is 13.8. The summed E-state index contributed by atoms with van der Waals surface area (Å²) >= 11 is 0. The van der Waals surface area contributed by atoms with Gasteiger partial charge in [-0.05, 0) is 13.3 Å². The molecule has 0 aromatic rings. The summed E-state index contributed by atoms with van der Waals surface area (Å²) in [5, 5.41) is 0. The second-order valence-electron chi connectivity index (χ2n) is 5.64. The average Bonchev–Trinajstić information content (AvgIpc) is 2.95. The van der Waals surface area contributed by atoms with Crippen LogP contribution in [0.3, 0.4) is 0 Å². The van der Waals surface area contributed by atoms with Gasteiger partial charge in [0.05, 0.1) is 26.2 Å². The van der Waals surface area contributed by atoms with Gasteiger partial charge in [0.25, 0.3) is 0 Å². The number of ether oxygens (including phenoxy) is 2. The molecule has 2 rings (SSSR count). The lowest BCUT2D eigenvalue weighted by atomic mass is 10.0. The van der Waals surface area contributed by atoms with Gasteiger partial charge in [-0.2, -0.15) is 0 Å². The van der Waals surface area contributed by atoms with Crippen molar-refractivity contribution in [1.29, 1.82) is 0 Å². The van der Waals surface area contributed by atoms with Gasteiger partial charge in [-0.25, -0.2) is 0 Å². The van der Waals surface area contributed by atoms with Crippen LogP contribution in [0, 0.1) is 5.92 Å². The fraction of sp³-hybridized carbons (Fsp3) is 0.929. The van der Waals surface area contributed by atoms with E-state index >= 15 is 0 Å². The number of esters is 1. The Morgan fingerprint density at radius 3 is 2.58 bits per heavy atom. The molecule has 110 valence electrons. The van der Waals surface area contributed by atoms with E-state index in [4.69, 9.17) is 9.47 Å². The molecular weight excluding hydrogens is 244 g/mol. The molecule has 2 saturated heterocycles. The van der Waals surface area contributed by atoms with Crippen molar-refractivity contribution >= 4 is 5.97 Å². The van der Waals surface area contributed by atoms with Crippen LogP contribution in [0.25, 0.3) is 0 Å². The maximum absolute atomic E-state index is 11.6. The third-order valence-electron chi connectivity index (χ3n) is 4.63. The normalized spacial score (nSPS) is 29.1. The number of methoxy groups -OCH3 is 1. The van der Waals surface area contributed by atoms with Gasteiger partial charge in [-0.3, -0.25) is 14.6 Å². The number of carbonyl (C=O) groups is 1. The third kappa shape index (κ3) is 3.46. The molecule has 2 aliphatic heterocycles. The predicted molar refractivity (Wildman–Crippen MR) is 73.0 cm³/mol. The quantitative estimate of drug-likeness (QED) is 0.700. The molecule has 2 fully saturated rings. The van der Waals surface area contributed by atoms with Crippen LogP contribution in [0.4, 0.5) is 0 Å². The van der Waals surface area contributed by atoms with E-state index in [0.29, 0.717) is 6.04 Å². The van der Waals surface area contributed by atoms with Crippen molar-refractivity contribution in [2.24, 2.45) is 5.92 Å². The van der Waals surface area contributed by atoms with Gasteiger partial charge >= 0.3 is 5.97 Å². The van der Waals surface area contributed by atoms with Crippen LogP contribution < -0.4 is 0 Å². The number of rotatable bonds is 4. The summed E-state index contributed by atoms with van der Waals surface area (Å²) in [7, 11) is 1.46. The number of morpholine rings is 1. The molecule has 0 aromatic carbocycles. The van der Waals surface area contributed by atoms with Gasteiger partial charge in [0.15, 0.2) is 0 Å². The van der Waals surface area contributed by atoms with Crippen LogP contribution in [0.2, 0.25) is 0 Å². The Kier molecular flexibility index (Phi) is 5.19. The van der Waals surface area contributed by atoms with Crippen LogP contribution in [0.5, 0.6) is 0 Å². The highest BCUT2D eigenvalue weighted by Crippen LogP contribution is 2.22. The predicted octanol–water partition coefficient (Wildman–Crippen LogP) is 0.591. The first-order valence-corrected chi connectivity index (χ1v) is 7.27. The maximum Gasteiger partial charge on any atom is 0.309 e. The van der Waals surface area contributed by atoms with E-state index in [1.165, 1.54) is 13.5 Å². The molecule has 19 heavy (non-hydrogen) atoms. The van der Waals surface area contributed by atoms with Gasteiger partial charge in [-0.1, -0.05) is 6.92 Å². The van der Waals surface area contributed by atoms with Crippen LogP contribution in [0.1, 0.15) is 20.3 Å². The van der Waals surface area contributed by atoms with E-state index in [-0.39, 0.29) is 17.9 Å². The van der Waals surface area contributed by atoms with Gasteiger partial charge < -0.3 is 9.47 Å². The van der Waals surface area contributed by atoms with Crippen molar-refractivity contribution in [3.8, 4) is 0 Å². The highest BCUT2D eigenvalue weighted by molar-refractivity contribution is 5.72. The molecule has 0 aromatic heterocycles. The topological polar surface area (TPSA) is 42.0 Å². The first-order valence-electron chi connectivity index (χ1n) is 7.27. The zero-order valence-corrected chi connectivity index (χ0v) is 12.3. The lowest BCUT2D eigenvalue weighted by molar-refractivity contribution is -0.146. The number of hydrogen-bond donors (Lipinski definition) is 0. The number of hydrogen-bond acceptors (Lipinski definition) is 5. The molecule has 0 saturated carbocycles. The number of nitrogens with zero attached hydrogens (tertiary/aromatic N) is 2. The molecule has 5 nitrogen and oxygen atoms in total. The fourth-order valence-electron chi connectivity index (χ4n) is 3.08. The van der Waals surface area contributed by atoms with E-state index < -0.39 is 0 Å². The van der Waals surface area contributed by atoms with Gasteiger partial charge in [0, 0.05) is 38.3 Å². The van der Waals surface area contributed by atoms with Crippen molar-refractivity contribution in [3.05, 3.63) is 0 Å². The van der Waals surface area contributed by atoms with Crippen molar-refractivity contribution < 1.29 is 14.3 Å². The van der Waals surface area contributed by atoms with Crippen molar-refractivity contribution in [2.75, 3.05) is 46.5 Å². The Morgan fingerprint density at radius 2 is 1.95 bits per heavy atom. The molecule has 0 aliphatic carbocycles. The Hall–Kier alpha value is -0.650. The zero-order valence-electron chi connectivity index (χ0n) is 12.3. The van der Waals surface area contributed by atoms with Gasteiger partial charge in [0.2, 0.25) is 0 Å². The summed E-state index contributed by atoms with van der Waals surface area (Å²) in [6, 6.07) is 0.870. The summed E-state index contributed by atoms with van der Waals surface area (Å²) in [6.45, 7) is 10.0. The van der Waals surface area contributed by atoms with Crippen LogP contribution >= 0.6 is 0 Å². The summed E-state index contributed by atoms with van der Waals surface area (Å²) in [4.78, 5) is 16.6. The molecule has 2 heterocycles. The molecule has 5 heteroatoms.